The molecule has 88 valence electrons. The van der Waals surface area contributed by atoms with Gasteiger partial charge in [0, 0.05) is 18.4 Å². The van der Waals surface area contributed by atoms with Crippen molar-refractivity contribution in [3.63, 3.8) is 0 Å². The molecule has 1 atom stereocenters. The van der Waals surface area contributed by atoms with Crippen LogP contribution in [0.3, 0.4) is 0 Å². The van der Waals surface area contributed by atoms with Crippen LogP contribution in [0.5, 0.6) is 0 Å². The first-order chi connectivity index (χ1) is 7.70. The fraction of sp³-hybridized carbons (Fsp3) is 0.636. The molecule has 5 heteroatoms. The highest BCUT2D eigenvalue weighted by Gasteiger charge is 2.24. The Balaban J connectivity index is 2.04. The van der Waals surface area contributed by atoms with E-state index in [9.17, 15) is 4.79 Å². The Bertz CT molecular complexity index is 380. The van der Waals surface area contributed by atoms with Crippen LogP contribution in [-0.4, -0.2) is 34.2 Å². The van der Waals surface area contributed by atoms with E-state index in [0.29, 0.717) is 5.92 Å². The SMILES string of the molecule is Cc1ncc(C(=O)N2CCCC(CBr)C2)s1. The molecule has 1 fully saturated rings. The van der Waals surface area contributed by atoms with Gasteiger partial charge >= 0.3 is 0 Å². The van der Waals surface area contributed by atoms with Crippen LogP contribution in [0.4, 0.5) is 0 Å². The summed E-state index contributed by atoms with van der Waals surface area (Å²) in [6.07, 6.45) is 4.02. The maximum atomic E-state index is 12.2. The van der Waals surface area contributed by atoms with E-state index < -0.39 is 0 Å². The smallest absolute Gasteiger partial charge is 0.265 e. The molecule has 0 radical (unpaired) electrons. The summed E-state index contributed by atoms with van der Waals surface area (Å²) in [6, 6.07) is 0. The molecule has 0 bridgehead atoms. The lowest BCUT2D eigenvalue weighted by Crippen LogP contribution is -2.40. The van der Waals surface area contributed by atoms with Gasteiger partial charge in [0.15, 0.2) is 0 Å². The van der Waals surface area contributed by atoms with E-state index in [1.165, 1.54) is 17.8 Å². The number of thiazole rings is 1. The maximum Gasteiger partial charge on any atom is 0.265 e. The first kappa shape index (κ1) is 12.0. The van der Waals surface area contributed by atoms with Crippen LogP contribution in [0.1, 0.15) is 27.5 Å². The fourth-order valence-electron chi connectivity index (χ4n) is 1.99. The van der Waals surface area contributed by atoms with Crippen molar-refractivity contribution in [3.05, 3.63) is 16.1 Å². The molecule has 1 aliphatic heterocycles. The molecule has 1 aromatic heterocycles. The Kier molecular flexibility index (Phi) is 3.97. The first-order valence-corrected chi connectivity index (χ1v) is 7.42. The summed E-state index contributed by atoms with van der Waals surface area (Å²) in [7, 11) is 0. The van der Waals surface area contributed by atoms with E-state index in [1.54, 1.807) is 6.20 Å². The lowest BCUT2D eigenvalue weighted by molar-refractivity contribution is 0.0690. The minimum absolute atomic E-state index is 0.149. The van der Waals surface area contributed by atoms with Crippen molar-refractivity contribution in [2.45, 2.75) is 19.8 Å². The summed E-state index contributed by atoms with van der Waals surface area (Å²) in [6.45, 7) is 3.69. The van der Waals surface area contributed by atoms with Crippen molar-refractivity contribution in [2.24, 2.45) is 5.92 Å². The molecule has 1 saturated heterocycles. The van der Waals surface area contributed by atoms with Gasteiger partial charge in [-0.05, 0) is 25.7 Å². The molecule has 0 N–H and O–H groups in total. The number of amides is 1. The average molecular weight is 303 g/mol. The zero-order valence-corrected chi connectivity index (χ0v) is 11.7. The number of piperidine rings is 1. The molecule has 2 rings (SSSR count). The third-order valence-electron chi connectivity index (χ3n) is 2.86. The highest BCUT2D eigenvalue weighted by Crippen LogP contribution is 2.22. The van der Waals surface area contributed by atoms with Gasteiger partial charge in [0.2, 0.25) is 0 Å². The van der Waals surface area contributed by atoms with Crippen LogP contribution in [0.25, 0.3) is 0 Å². The largest absolute Gasteiger partial charge is 0.338 e. The van der Waals surface area contributed by atoms with Gasteiger partial charge in [-0.1, -0.05) is 15.9 Å². The van der Waals surface area contributed by atoms with E-state index in [2.05, 4.69) is 20.9 Å². The number of nitrogens with zero attached hydrogens (tertiary/aromatic N) is 2. The van der Waals surface area contributed by atoms with Gasteiger partial charge < -0.3 is 4.90 Å². The normalized spacial score (nSPS) is 21.1. The molecule has 1 unspecified atom stereocenters. The predicted molar refractivity (Wildman–Crippen MR) is 69.3 cm³/mol. The second-order valence-electron chi connectivity index (χ2n) is 4.16. The molecule has 0 aliphatic carbocycles. The topological polar surface area (TPSA) is 33.2 Å². The Morgan fingerprint density at radius 2 is 2.56 bits per heavy atom. The first-order valence-electron chi connectivity index (χ1n) is 5.48. The molecule has 16 heavy (non-hydrogen) atoms. The molecule has 1 amide bonds. The van der Waals surface area contributed by atoms with Crippen molar-refractivity contribution in [2.75, 3.05) is 18.4 Å². The molecule has 3 nitrogen and oxygen atoms in total. The van der Waals surface area contributed by atoms with Gasteiger partial charge in [0.25, 0.3) is 5.91 Å². The number of alkyl halides is 1. The van der Waals surface area contributed by atoms with Gasteiger partial charge in [-0.25, -0.2) is 4.98 Å². The quantitative estimate of drug-likeness (QED) is 0.787. The monoisotopic (exact) mass is 302 g/mol. The number of likely N-dealkylation sites (tertiary alicyclic amines) is 1. The number of rotatable bonds is 2. The van der Waals surface area contributed by atoms with Crippen LogP contribution in [0.2, 0.25) is 0 Å². The van der Waals surface area contributed by atoms with Gasteiger partial charge in [-0.15, -0.1) is 11.3 Å². The number of carbonyl (C=O) groups excluding carboxylic acids is 1. The van der Waals surface area contributed by atoms with Crippen molar-refractivity contribution in [1.29, 1.82) is 0 Å². The third-order valence-corrected chi connectivity index (χ3v) is 4.67. The molecule has 0 saturated carbocycles. The lowest BCUT2D eigenvalue weighted by atomic mass is 10.0. The highest BCUT2D eigenvalue weighted by atomic mass is 79.9. The maximum absolute atomic E-state index is 12.2. The van der Waals surface area contributed by atoms with Crippen LogP contribution in [0.15, 0.2) is 6.20 Å². The van der Waals surface area contributed by atoms with Crippen molar-refractivity contribution >= 4 is 33.2 Å². The number of hydrogen-bond acceptors (Lipinski definition) is 3. The Morgan fingerprint density at radius 3 is 3.19 bits per heavy atom. The molecule has 0 spiro atoms. The van der Waals surface area contributed by atoms with Crippen LogP contribution >= 0.6 is 27.3 Å². The highest BCUT2D eigenvalue weighted by molar-refractivity contribution is 9.09. The molecular weight excluding hydrogens is 288 g/mol. The van der Waals surface area contributed by atoms with E-state index in [0.717, 1.165) is 34.7 Å². The van der Waals surface area contributed by atoms with Crippen LogP contribution in [-0.2, 0) is 0 Å². The molecule has 0 aromatic carbocycles. The predicted octanol–water partition coefficient (Wildman–Crippen LogP) is 2.70. The van der Waals surface area contributed by atoms with Crippen molar-refractivity contribution in [1.82, 2.24) is 9.88 Å². The molecular formula is C11H15BrN2OS. The van der Waals surface area contributed by atoms with Crippen LogP contribution in [0, 0.1) is 12.8 Å². The minimum Gasteiger partial charge on any atom is -0.338 e. The van der Waals surface area contributed by atoms with E-state index >= 15 is 0 Å². The third kappa shape index (κ3) is 2.63. The second kappa shape index (κ2) is 5.27. The number of hydrogen-bond donors (Lipinski definition) is 0. The van der Waals surface area contributed by atoms with Crippen LogP contribution < -0.4 is 0 Å². The summed E-state index contributed by atoms with van der Waals surface area (Å²) < 4.78 is 0. The summed E-state index contributed by atoms with van der Waals surface area (Å²) in [5, 5.41) is 1.94. The fourth-order valence-corrected chi connectivity index (χ4v) is 3.27. The molecule has 1 aromatic rings. The summed E-state index contributed by atoms with van der Waals surface area (Å²) >= 11 is 4.98. The Hall–Kier alpha value is -0.420. The summed E-state index contributed by atoms with van der Waals surface area (Å²) in [5.74, 6) is 0.753. The number of aromatic nitrogens is 1. The number of halogens is 1. The zero-order valence-electron chi connectivity index (χ0n) is 9.28. The summed E-state index contributed by atoms with van der Waals surface area (Å²) in [5.41, 5.74) is 0. The van der Waals surface area contributed by atoms with E-state index in [1.807, 2.05) is 11.8 Å². The number of carbonyl (C=O) groups is 1. The van der Waals surface area contributed by atoms with E-state index in [-0.39, 0.29) is 5.91 Å². The minimum atomic E-state index is 0.149. The standard InChI is InChI=1S/C11H15BrN2OS/c1-8-13-6-10(16-8)11(15)14-4-2-3-9(5-12)7-14/h6,9H,2-5,7H2,1H3. The Morgan fingerprint density at radius 1 is 1.75 bits per heavy atom. The number of aryl methyl sites for hydroxylation is 1. The van der Waals surface area contributed by atoms with Gasteiger partial charge in [-0.3, -0.25) is 4.79 Å². The second-order valence-corrected chi connectivity index (χ2v) is 6.04. The van der Waals surface area contributed by atoms with Crippen molar-refractivity contribution in [3.8, 4) is 0 Å². The lowest BCUT2D eigenvalue weighted by Gasteiger charge is -2.31. The zero-order chi connectivity index (χ0) is 11.5. The van der Waals surface area contributed by atoms with E-state index in [4.69, 9.17) is 0 Å². The Labute approximate surface area is 108 Å². The van der Waals surface area contributed by atoms with Gasteiger partial charge in [0.1, 0.15) is 4.88 Å². The van der Waals surface area contributed by atoms with Gasteiger partial charge in [-0.2, -0.15) is 0 Å². The average Bonchev–Trinajstić information content (AvgIpc) is 2.75. The van der Waals surface area contributed by atoms with Crippen molar-refractivity contribution < 1.29 is 4.79 Å². The molecule has 2 heterocycles. The van der Waals surface area contributed by atoms with Gasteiger partial charge in [0.05, 0.1) is 11.2 Å². The molecule has 1 aliphatic rings. The summed E-state index contributed by atoms with van der Waals surface area (Å²) in [4.78, 5) is 19.0.